The van der Waals surface area contributed by atoms with Gasteiger partial charge in [-0.2, -0.15) is 0 Å². The molecule has 4 nitrogen and oxygen atoms in total. The fourth-order valence-electron chi connectivity index (χ4n) is 2.75. The highest BCUT2D eigenvalue weighted by Gasteiger charge is 2.21. The Morgan fingerprint density at radius 3 is 2.41 bits per heavy atom. The average molecular weight is 382 g/mol. The van der Waals surface area contributed by atoms with Crippen molar-refractivity contribution in [3.8, 4) is 11.5 Å². The number of benzene rings is 2. The zero-order valence-electron chi connectivity index (χ0n) is 15.1. The summed E-state index contributed by atoms with van der Waals surface area (Å²) in [5.41, 5.74) is 2.13. The van der Waals surface area contributed by atoms with Gasteiger partial charge in [0.1, 0.15) is 24.7 Å². The molecule has 0 radical (unpaired) electrons. The minimum atomic E-state index is -0.810. The van der Waals surface area contributed by atoms with E-state index in [2.05, 4.69) is 0 Å². The summed E-state index contributed by atoms with van der Waals surface area (Å²) in [6, 6.07) is 19.2. The quantitative estimate of drug-likeness (QED) is 0.534. The van der Waals surface area contributed by atoms with E-state index in [4.69, 9.17) is 9.47 Å². The van der Waals surface area contributed by atoms with Crippen molar-refractivity contribution in [3.05, 3.63) is 82.0 Å². The van der Waals surface area contributed by atoms with Crippen molar-refractivity contribution in [1.82, 2.24) is 0 Å². The minimum absolute atomic E-state index is 0.421. The van der Waals surface area contributed by atoms with E-state index in [9.17, 15) is 9.90 Å². The largest absolute Gasteiger partial charge is 0.490 e. The minimum Gasteiger partial charge on any atom is -0.490 e. The number of ether oxygens (including phenoxy) is 2. The van der Waals surface area contributed by atoms with Crippen LogP contribution in [0.4, 0.5) is 0 Å². The Morgan fingerprint density at radius 2 is 1.74 bits per heavy atom. The summed E-state index contributed by atoms with van der Waals surface area (Å²) >= 11 is 1.47. The van der Waals surface area contributed by atoms with Crippen LogP contribution in [0.15, 0.2) is 66.0 Å². The van der Waals surface area contributed by atoms with Crippen LogP contribution in [0.2, 0.25) is 0 Å². The van der Waals surface area contributed by atoms with Crippen molar-refractivity contribution >= 4 is 17.3 Å². The van der Waals surface area contributed by atoms with Gasteiger partial charge in [-0.3, -0.25) is 4.79 Å². The molecule has 0 saturated heterocycles. The van der Waals surface area contributed by atoms with E-state index in [-0.39, 0.29) is 0 Å². The van der Waals surface area contributed by atoms with Crippen molar-refractivity contribution in [2.45, 2.75) is 19.3 Å². The Labute approximate surface area is 163 Å². The first-order valence-electron chi connectivity index (χ1n) is 8.79. The Hall–Kier alpha value is -2.79. The number of aryl methyl sites for hydroxylation is 1. The maximum absolute atomic E-state index is 11.6. The van der Waals surface area contributed by atoms with Gasteiger partial charge in [0.2, 0.25) is 0 Å². The summed E-state index contributed by atoms with van der Waals surface area (Å²) in [6.07, 6.45) is 0.437. The third kappa shape index (κ3) is 5.59. The summed E-state index contributed by atoms with van der Waals surface area (Å²) in [5, 5.41) is 11.4. The first-order chi connectivity index (χ1) is 13.1. The molecule has 5 heteroatoms. The van der Waals surface area contributed by atoms with Gasteiger partial charge in [0, 0.05) is 4.88 Å². The molecule has 140 valence electrons. The number of hydrogen-bond donors (Lipinski definition) is 1. The first kappa shape index (κ1) is 19.0. The zero-order valence-corrected chi connectivity index (χ0v) is 15.9. The second-order valence-corrected chi connectivity index (χ2v) is 7.25. The molecule has 0 saturated carbocycles. The lowest BCUT2D eigenvalue weighted by Gasteiger charge is -2.12. The Morgan fingerprint density at radius 1 is 1.00 bits per heavy atom. The SMILES string of the molecule is Cc1ccc(OCCOc2cccc(CC(C(=O)O)c3cccs3)c2)cc1. The van der Waals surface area contributed by atoms with Gasteiger partial charge in [-0.05, 0) is 54.6 Å². The number of aliphatic carboxylic acids is 1. The molecule has 1 atom stereocenters. The molecule has 2 aromatic carbocycles. The van der Waals surface area contributed by atoms with Crippen molar-refractivity contribution in [2.24, 2.45) is 0 Å². The second-order valence-electron chi connectivity index (χ2n) is 6.27. The average Bonchev–Trinajstić information content (AvgIpc) is 3.19. The van der Waals surface area contributed by atoms with Crippen LogP contribution >= 0.6 is 11.3 Å². The highest BCUT2D eigenvalue weighted by molar-refractivity contribution is 7.10. The second kappa shape index (κ2) is 9.24. The lowest BCUT2D eigenvalue weighted by molar-refractivity contribution is -0.138. The van der Waals surface area contributed by atoms with Crippen LogP contribution in [-0.4, -0.2) is 24.3 Å². The summed E-state index contributed by atoms with van der Waals surface area (Å²) in [6.45, 7) is 2.90. The van der Waals surface area contributed by atoms with Gasteiger partial charge in [0.05, 0.1) is 5.92 Å². The van der Waals surface area contributed by atoms with Gasteiger partial charge in [0.25, 0.3) is 0 Å². The summed E-state index contributed by atoms with van der Waals surface area (Å²) in [7, 11) is 0. The van der Waals surface area contributed by atoms with E-state index < -0.39 is 11.9 Å². The lowest BCUT2D eigenvalue weighted by Crippen LogP contribution is -2.13. The molecule has 1 aromatic heterocycles. The Balaban J connectivity index is 1.53. The van der Waals surface area contributed by atoms with Gasteiger partial charge < -0.3 is 14.6 Å². The van der Waals surface area contributed by atoms with Crippen LogP contribution in [0.25, 0.3) is 0 Å². The van der Waals surface area contributed by atoms with Gasteiger partial charge >= 0.3 is 5.97 Å². The van der Waals surface area contributed by atoms with Crippen molar-refractivity contribution in [2.75, 3.05) is 13.2 Å². The lowest BCUT2D eigenvalue weighted by atomic mass is 9.98. The van der Waals surface area contributed by atoms with Crippen LogP contribution in [0, 0.1) is 6.92 Å². The van der Waals surface area contributed by atoms with E-state index in [1.165, 1.54) is 16.9 Å². The topological polar surface area (TPSA) is 55.8 Å². The molecule has 1 N–H and O–H groups in total. The van der Waals surface area contributed by atoms with Crippen LogP contribution in [0.5, 0.6) is 11.5 Å². The molecule has 1 unspecified atom stereocenters. The molecule has 0 spiro atoms. The maximum Gasteiger partial charge on any atom is 0.312 e. The van der Waals surface area contributed by atoms with E-state index in [0.717, 1.165) is 21.9 Å². The molecule has 3 aromatic rings. The third-order valence-corrected chi connectivity index (χ3v) is 5.15. The molecular weight excluding hydrogens is 360 g/mol. The molecule has 0 aliphatic heterocycles. The molecule has 0 fully saturated rings. The molecule has 0 amide bonds. The standard InChI is InChI=1S/C22H22O4S/c1-16-7-9-18(10-8-16)25-11-12-26-19-5-2-4-17(14-19)15-20(22(23)24)21-6-3-13-27-21/h2-10,13-14,20H,11-12,15H2,1H3,(H,23,24). The van der Waals surface area contributed by atoms with Crippen molar-refractivity contribution in [1.29, 1.82) is 0 Å². The van der Waals surface area contributed by atoms with Gasteiger partial charge in [-0.15, -0.1) is 11.3 Å². The van der Waals surface area contributed by atoms with Gasteiger partial charge in [0.15, 0.2) is 0 Å². The predicted molar refractivity (Wildman–Crippen MR) is 107 cm³/mol. The molecule has 27 heavy (non-hydrogen) atoms. The molecule has 3 rings (SSSR count). The number of carbonyl (C=O) groups is 1. The maximum atomic E-state index is 11.6. The number of carboxylic acid groups (broad SMARTS) is 1. The normalized spacial score (nSPS) is 11.7. The number of rotatable bonds is 9. The predicted octanol–water partition coefficient (Wildman–Crippen LogP) is 4.93. The monoisotopic (exact) mass is 382 g/mol. The van der Waals surface area contributed by atoms with Crippen LogP contribution < -0.4 is 9.47 Å². The molecule has 0 aliphatic rings. The zero-order chi connectivity index (χ0) is 19.1. The van der Waals surface area contributed by atoms with Crippen molar-refractivity contribution < 1.29 is 19.4 Å². The Kier molecular flexibility index (Phi) is 6.49. The smallest absolute Gasteiger partial charge is 0.312 e. The molecule has 0 bridgehead atoms. The summed E-state index contributed by atoms with van der Waals surface area (Å²) in [5.74, 6) is 0.189. The fourth-order valence-corrected chi connectivity index (χ4v) is 3.57. The van der Waals surface area contributed by atoms with Crippen LogP contribution in [0.1, 0.15) is 21.9 Å². The van der Waals surface area contributed by atoms with Crippen LogP contribution in [-0.2, 0) is 11.2 Å². The third-order valence-electron chi connectivity index (χ3n) is 4.16. The molecular formula is C22H22O4S. The summed E-state index contributed by atoms with van der Waals surface area (Å²) in [4.78, 5) is 12.5. The fraction of sp³-hybridized carbons (Fsp3) is 0.227. The van der Waals surface area contributed by atoms with E-state index >= 15 is 0 Å². The van der Waals surface area contributed by atoms with E-state index in [1.54, 1.807) is 0 Å². The van der Waals surface area contributed by atoms with E-state index in [0.29, 0.717) is 19.6 Å². The van der Waals surface area contributed by atoms with Gasteiger partial charge in [-0.1, -0.05) is 35.9 Å². The number of carboxylic acids is 1. The van der Waals surface area contributed by atoms with Gasteiger partial charge in [-0.25, -0.2) is 0 Å². The number of hydrogen-bond acceptors (Lipinski definition) is 4. The first-order valence-corrected chi connectivity index (χ1v) is 9.67. The Bertz CT molecular complexity index is 856. The van der Waals surface area contributed by atoms with E-state index in [1.807, 2.05) is 73.0 Å². The highest BCUT2D eigenvalue weighted by Crippen LogP contribution is 2.27. The van der Waals surface area contributed by atoms with Crippen molar-refractivity contribution in [3.63, 3.8) is 0 Å². The highest BCUT2D eigenvalue weighted by atomic mass is 32.1. The van der Waals surface area contributed by atoms with Crippen LogP contribution in [0.3, 0.4) is 0 Å². The number of thiophene rings is 1. The molecule has 0 aliphatic carbocycles. The molecule has 1 heterocycles. The summed E-state index contributed by atoms with van der Waals surface area (Å²) < 4.78 is 11.4.